The molecule has 0 saturated heterocycles. The van der Waals surface area contributed by atoms with Crippen molar-refractivity contribution in [1.29, 1.82) is 0 Å². The first kappa shape index (κ1) is 25.2. The zero-order valence-electron chi connectivity index (χ0n) is 19.2. The number of hydrogen-bond donors (Lipinski definition) is 1. The summed E-state index contributed by atoms with van der Waals surface area (Å²) in [5.41, 5.74) is 2.89. The van der Waals surface area contributed by atoms with E-state index in [0.717, 1.165) is 22.4 Å². The van der Waals surface area contributed by atoms with Crippen molar-refractivity contribution in [2.24, 2.45) is 0 Å². The lowest BCUT2D eigenvalue weighted by molar-refractivity contribution is -0.175. The summed E-state index contributed by atoms with van der Waals surface area (Å²) in [6.45, 7) is -1.48. The molecule has 0 aliphatic carbocycles. The Kier molecular flexibility index (Phi) is 7.84. The third kappa shape index (κ3) is 6.60. The number of ether oxygens (including phenoxy) is 4. The molecule has 3 aromatic rings. The zero-order chi connectivity index (χ0) is 25.5. The fraction of sp³-hybridized carbons (Fsp3) is 0.333. The van der Waals surface area contributed by atoms with Crippen LogP contribution < -0.4 is 19.5 Å². The van der Waals surface area contributed by atoms with E-state index in [0.29, 0.717) is 12.0 Å². The van der Waals surface area contributed by atoms with Crippen LogP contribution in [-0.4, -0.2) is 66.6 Å². The summed E-state index contributed by atoms with van der Waals surface area (Å²) in [4.78, 5) is 25.2. The van der Waals surface area contributed by atoms with Gasteiger partial charge in [0, 0.05) is 47.8 Å². The number of pyridine rings is 1. The Hall–Kier alpha value is -3.93. The van der Waals surface area contributed by atoms with Gasteiger partial charge in [-0.25, -0.2) is 15.0 Å². The summed E-state index contributed by atoms with van der Waals surface area (Å²) >= 11 is 0. The molecule has 0 radical (unpaired) electrons. The maximum atomic E-state index is 12.9. The largest absolute Gasteiger partial charge is 0.491 e. The molecule has 0 fully saturated rings. The number of rotatable bonds is 9. The van der Waals surface area contributed by atoms with Gasteiger partial charge in [0.05, 0.1) is 19.8 Å². The molecule has 0 spiro atoms. The third-order valence-corrected chi connectivity index (χ3v) is 5.22. The molecule has 1 aliphatic rings. The SMILES string of the molecule is COc1ncc(-c2cccc3c2C[C@H](NC(=O)c2ccnc(OCCOCC(F)(F)F)c2)CO3)cn1. The van der Waals surface area contributed by atoms with Crippen molar-refractivity contribution in [3.05, 3.63) is 60.0 Å². The molecule has 36 heavy (non-hydrogen) atoms. The van der Waals surface area contributed by atoms with Crippen LogP contribution in [0, 0.1) is 0 Å². The fourth-order valence-electron chi connectivity index (χ4n) is 3.62. The number of carbonyl (C=O) groups excluding carboxylic acids is 1. The molecule has 0 bridgehead atoms. The summed E-state index contributed by atoms with van der Waals surface area (Å²) in [7, 11) is 1.49. The lowest BCUT2D eigenvalue weighted by Gasteiger charge is -2.28. The molecule has 1 aliphatic heterocycles. The second-order valence-electron chi connectivity index (χ2n) is 7.83. The van der Waals surface area contributed by atoms with Crippen molar-refractivity contribution < 1.29 is 36.9 Å². The fourth-order valence-corrected chi connectivity index (χ4v) is 3.62. The van der Waals surface area contributed by atoms with Gasteiger partial charge in [-0.15, -0.1) is 0 Å². The van der Waals surface area contributed by atoms with Crippen molar-refractivity contribution in [3.63, 3.8) is 0 Å². The van der Waals surface area contributed by atoms with E-state index in [1.54, 1.807) is 12.4 Å². The minimum Gasteiger partial charge on any atom is -0.491 e. The van der Waals surface area contributed by atoms with Gasteiger partial charge in [-0.05, 0) is 17.7 Å². The van der Waals surface area contributed by atoms with Gasteiger partial charge in [0.2, 0.25) is 5.88 Å². The maximum Gasteiger partial charge on any atom is 0.411 e. The number of methoxy groups -OCH3 is 1. The number of nitrogens with zero attached hydrogens (tertiary/aromatic N) is 3. The molecule has 1 N–H and O–H groups in total. The van der Waals surface area contributed by atoms with E-state index < -0.39 is 12.8 Å². The molecular formula is C24H23F3N4O5. The predicted octanol–water partition coefficient (Wildman–Crippen LogP) is 3.24. The topological polar surface area (TPSA) is 105 Å². The summed E-state index contributed by atoms with van der Waals surface area (Å²) < 4.78 is 57.1. The summed E-state index contributed by atoms with van der Waals surface area (Å²) in [6.07, 6.45) is 0.832. The Morgan fingerprint density at radius 1 is 1.17 bits per heavy atom. The summed E-state index contributed by atoms with van der Waals surface area (Å²) in [5.74, 6) is 0.462. The van der Waals surface area contributed by atoms with Crippen LogP contribution in [0.15, 0.2) is 48.9 Å². The van der Waals surface area contributed by atoms with Gasteiger partial charge in [0.15, 0.2) is 0 Å². The van der Waals surface area contributed by atoms with Crippen LogP contribution >= 0.6 is 0 Å². The van der Waals surface area contributed by atoms with Crippen LogP contribution in [-0.2, 0) is 11.2 Å². The van der Waals surface area contributed by atoms with Crippen LogP contribution in [0.1, 0.15) is 15.9 Å². The lowest BCUT2D eigenvalue weighted by atomic mass is 9.94. The van der Waals surface area contributed by atoms with E-state index >= 15 is 0 Å². The summed E-state index contributed by atoms with van der Waals surface area (Å²) in [6, 6.07) is 8.56. The maximum absolute atomic E-state index is 12.9. The van der Waals surface area contributed by atoms with Crippen LogP contribution in [0.25, 0.3) is 11.1 Å². The minimum atomic E-state index is -4.40. The van der Waals surface area contributed by atoms with Crippen molar-refractivity contribution >= 4 is 5.91 Å². The molecule has 1 atom stereocenters. The molecule has 0 saturated carbocycles. The first-order chi connectivity index (χ1) is 17.3. The van der Waals surface area contributed by atoms with Crippen LogP contribution in [0.4, 0.5) is 13.2 Å². The molecule has 1 amide bonds. The zero-order valence-corrected chi connectivity index (χ0v) is 19.2. The number of benzene rings is 1. The highest BCUT2D eigenvalue weighted by Crippen LogP contribution is 2.34. The molecule has 0 unspecified atom stereocenters. The average molecular weight is 504 g/mol. The molecule has 12 heteroatoms. The molecule has 2 aromatic heterocycles. The van der Waals surface area contributed by atoms with E-state index in [2.05, 4.69) is 25.0 Å². The minimum absolute atomic E-state index is 0.102. The monoisotopic (exact) mass is 504 g/mol. The van der Waals surface area contributed by atoms with Crippen molar-refractivity contribution in [1.82, 2.24) is 20.3 Å². The highest BCUT2D eigenvalue weighted by atomic mass is 19.4. The van der Waals surface area contributed by atoms with Crippen molar-refractivity contribution in [2.75, 3.05) is 33.5 Å². The number of aromatic nitrogens is 3. The van der Waals surface area contributed by atoms with Crippen molar-refractivity contribution in [2.45, 2.75) is 18.6 Å². The third-order valence-electron chi connectivity index (χ3n) is 5.22. The lowest BCUT2D eigenvalue weighted by Crippen LogP contribution is -2.42. The van der Waals surface area contributed by atoms with Gasteiger partial charge in [0.1, 0.15) is 25.6 Å². The highest BCUT2D eigenvalue weighted by molar-refractivity contribution is 5.94. The van der Waals surface area contributed by atoms with Gasteiger partial charge in [-0.2, -0.15) is 13.2 Å². The number of carbonyl (C=O) groups is 1. The Morgan fingerprint density at radius 3 is 2.72 bits per heavy atom. The number of hydrogen-bond acceptors (Lipinski definition) is 8. The van der Waals surface area contributed by atoms with E-state index in [1.807, 2.05) is 18.2 Å². The first-order valence-corrected chi connectivity index (χ1v) is 11.0. The van der Waals surface area contributed by atoms with Crippen LogP contribution in [0.3, 0.4) is 0 Å². The number of alkyl halides is 3. The number of nitrogens with one attached hydrogen (secondary N) is 1. The Morgan fingerprint density at radius 2 is 1.97 bits per heavy atom. The molecule has 4 rings (SSSR count). The normalized spacial score (nSPS) is 14.9. The molecule has 1 aromatic carbocycles. The van der Waals surface area contributed by atoms with E-state index in [9.17, 15) is 18.0 Å². The predicted molar refractivity (Wildman–Crippen MR) is 121 cm³/mol. The van der Waals surface area contributed by atoms with Gasteiger partial charge in [-0.3, -0.25) is 4.79 Å². The standard InChI is InChI=1S/C24H23F3N4O5/c1-33-23-29-11-16(12-30-23)18-3-2-4-20-19(18)10-17(13-36-20)31-22(32)15-5-6-28-21(9-15)35-8-7-34-14-24(25,26)27/h2-6,9,11-12,17H,7-8,10,13-14H2,1H3,(H,31,32)/t17-/m0/s1. The Bertz CT molecular complexity index is 1190. The van der Waals surface area contributed by atoms with Gasteiger partial charge < -0.3 is 24.3 Å². The molecule has 3 heterocycles. The number of amides is 1. The van der Waals surface area contributed by atoms with Gasteiger partial charge in [0.25, 0.3) is 5.91 Å². The van der Waals surface area contributed by atoms with Crippen LogP contribution in [0.5, 0.6) is 17.6 Å². The summed E-state index contributed by atoms with van der Waals surface area (Å²) in [5, 5.41) is 2.94. The first-order valence-electron chi connectivity index (χ1n) is 11.0. The van der Waals surface area contributed by atoms with E-state index in [4.69, 9.17) is 14.2 Å². The molecular weight excluding hydrogens is 481 g/mol. The second kappa shape index (κ2) is 11.2. The average Bonchev–Trinajstić information content (AvgIpc) is 2.87. The quantitative estimate of drug-likeness (QED) is 0.443. The Balaban J connectivity index is 1.37. The highest BCUT2D eigenvalue weighted by Gasteiger charge is 2.27. The van der Waals surface area contributed by atoms with Gasteiger partial charge in [-0.1, -0.05) is 12.1 Å². The Labute approximate surface area is 204 Å². The van der Waals surface area contributed by atoms with Crippen molar-refractivity contribution in [3.8, 4) is 28.8 Å². The van der Waals surface area contributed by atoms with Crippen LogP contribution in [0.2, 0.25) is 0 Å². The number of fused-ring (bicyclic) bond motifs is 1. The molecule has 190 valence electrons. The smallest absolute Gasteiger partial charge is 0.411 e. The second-order valence-corrected chi connectivity index (χ2v) is 7.83. The van der Waals surface area contributed by atoms with E-state index in [1.165, 1.54) is 25.4 Å². The van der Waals surface area contributed by atoms with Gasteiger partial charge >= 0.3 is 12.2 Å². The molecule has 9 nitrogen and oxygen atoms in total. The van der Waals surface area contributed by atoms with E-state index in [-0.39, 0.29) is 43.7 Å². The number of halogens is 3.